The minimum Gasteiger partial charge on any atom is -0.465 e. The van der Waals surface area contributed by atoms with Crippen LogP contribution in [0.5, 0.6) is 0 Å². The molecule has 31 heavy (non-hydrogen) atoms. The molecule has 0 aromatic carbocycles. The third-order valence-corrected chi connectivity index (χ3v) is 8.76. The third-order valence-electron chi connectivity index (χ3n) is 5.50. The van der Waals surface area contributed by atoms with Crippen molar-refractivity contribution in [2.75, 3.05) is 13.7 Å². The summed E-state index contributed by atoms with van der Waals surface area (Å²) in [6.07, 6.45) is 3.72. The van der Waals surface area contributed by atoms with Gasteiger partial charge in [0.05, 0.1) is 24.9 Å². The van der Waals surface area contributed by atoms with Gasteiger partial charge in [-0.3, -0.25) is 9.48 Å². The van der Waals surface area contributed by atoms with E-state index in [1.165, 1.54) is 7.11 Å². The molecule has 168 valence electrons. The summed E-state index contributed by atoms with van der Waals surface area (Å²) in [6.45, 7) is 2.69. The topological polar surface area (TPSA) is 111 Å². The van der Waals surface area contributed by atoms with E-state index in [-0.39, 0.29) is 28.3 Å². The first-order valence-electron chi connectivity index (χ1n) is 10.3. The molecular weight excluding hydrogens is 440 g/mol. The van der Waals surface area contributed by atoms with Crippen molar-refractivity contribution in [3.63, 3.8) is 0 Å². The van der Waals surface area contributed by atoms with E-state index in [1.807, 2.05) is 6.07 Å². The van der Waals surface area contributed by atoms with Crippen molar-refractivity contribution < 1.29 is 22.7 Å². The average molecular weight is 467 g/mol. The van der Waals surface area contributed by atoms with Gasteiger partial charge >= 0.3 is 5.97 Å². The van der Waals surface area contributed by atoms with Crippen LogP contribution in [0.4, 0.5) is 0 Å². The number of methoxy groups -OCH3 is 1. The molecule has 1 amide bonds. The molecule has 3 heterocycles. The van der Waals surface area contributed by atoms with E-state index in [0.717, 1.165) is 42.7 Å². The van der Waals surface area contributed by atoms with Gasteiger partial charge in [-0.25, -0.2) is 17.9 Å². The maximum absolute atomic E-state index is 13.1. The quantitative estimate of drug-likeness (QED) is 0.624. The molecule has 1 N–H and O–H groups in total. The number of carbonyl (C=O) groups excluding carboxylic acids is 2. The number of fused-ring (bicyclic) bond motifs is 1. The SMILES string of the molecule is CCCc1cc(C(=O)N2CCc3c(sc(S(=O)(=O)NC4CC4)c3C(=O)OC)C2)n(C)n1. The van der Waals surface area contributed by atoms with Crippen LogP contribution in [0.2, 0.25) is 0 Å². The fraction of sp³-hybridized carbons (Fsp3) is 0.550. The zero-order chi connectivity index (χ0) is 22.3. The Morgan fingerprint density at radius 3 is 2.74 bits per heavy atom. The van der Waals surface area contributed by atoms with Gasteiger partial charge in [0.15, 0.2) is 0 Å². The number of carbonyl (C=O) groups is 2. The number of hydrogen-bond acceptors (Lipinski definition) is 7. The highest BCUT2D eigenvalue weighted by molar-refractivity contribution is 7.91. The second kappa shape index (κ2) is 8.36. The zero-order valence-corrected chi connectivity index (χ0v) is 19.4. The number of aryl methyl sites for hydroxylation is 2. The van der Waals surface area contributed by atoms with E-state index in [2.05, 4.69) is 16.7 Å². The number of sulfonamides is 1. The Labute approximate surface area is 185 Å². The van der Waals surface area contributed by atoms with Crippen LogP contribution in [-0.4, -0.2) is 54.7 Å². The van der Waals surface area contributed by atoms with Crippen LogP contribution in [0.25, 0.3) is 0 Å². The van der Waals surface area contributed by atoms with Crippen LogP contribution in [-0.2, 0) is 41.2 Å². The van der Waals surface area contributed by atoms with Gasteiger partial charge in [0.1, 0.15) is 9.90 Å². The molecular formula is C20H26N4O5S2. The van der Waals surface area contributed by atoms with Crippen LogP contribution >= 0.6 is 11.3 Å². The Bertz CT molecular complexity index is 1130. The first-order chi connectivity index (χ1) is 14.7. The van der Waals surface area contributed by atoms with E-state index in [1.54, 1.807) is 16.6 Å². The maximum Gasteiger partial charge on any atom is 0.340 e. The van der Waals surface area contributed by atoms with Gasteiger partial charge in [0.2, 0.25) is 0 Å². The standard InChI is InChI=1S/C20H26N4O5S2/c1-4-5-13-10-15(23(2)21-13)18(25)24-9-8-14-16(11-24)30-20(17(14)19(26)29-3)31(27,28)22-12-6-7-12/h10,12,22H,4-9,11H2,1-3H3. The first-order valence-corrected chi connectivity index (χ1v) is 12.6. The number of ether oxygens (including phenoxy) is 1. The lowest BCUT2D eigenvalue weighted by Crippen LogP contribution is -2.36. The lowest BCUT2D eigenvalue weighted by Gasteiger charge is -2.27. The summed E-state index contributed by atoms with van der Waals surface area (Å²) < 4.78 is 34.9. The summed E-state index contributed by atoms with van der Waals surface area (Å²) in [7, 11) is -0.838. The van der Waals surface area contributed by atoms with Crippen LogP contribution < -0.4 is 4.72 Å². The van der Waals surface area contributed by atoms with Gasteiger partial charge in [-0.1, -0.05) is 13.3 Å². The molecule has 1 aliphatic heterocycles. The van der Waals surface area contributed by atoms with Crippen LogP contribution in [0.15, 0.2) is 10.3 Å². The van der Waals surface area contributed by atoms with Gasteiger partial charge < -0.3 is 9.64 Å². The molecule has 1 fully saturated rings. The molecule has 2 aromatic rings. The molecule has 11 heteroatoms. The molecule has 2 aromatic heterocycles. The maximum atomic E-state index is 13.1. The molecule has 2 aliphatic rings. The van der Waals surface area contributed by atoms with Crippen molar-refractivity contribution in [1.29, 1.82) is 0 Å². The van der Waals surface area contributed by atoms with Crippen LogP contribution in [0, 0.1) is 0 Å². The van der Waals surface area contributed by atoms with Gasteiger partial charge in [-0.05, 0) is 37.3 Å². The van der Waals surface area contributed by atoms with Gasteiger partial charge in [0, 0.05) is 24.5 Å². The van der Waals surface area contributed by atoms with Crippen molar-refractivity contribution >= 4 is 33.2 Å². The summed E-state index contributed by atoms with van der Waals surface area (Å²) in [5, 5.41) is 4.40. The van der Waals surface area contributed by atoms with Crippen molar-refractivity contribution in [2.24, 2.45) is 7.05 Å². The number of aromatic nitrogens is 2. The van der Waals surface area contributed by atoms with E-state index in [9.17, 15) is 18.0 Å². The molecule has 0 spiro atoms. The molecule has 9 nitrogen and oxygen atoms in total. The number of esters is 1. The monoisotopic (exact) mass is 466 g/mol. The van der Waals surface area contributed by atoms with Crippen molar-refractivity contribution in [3.8, 4) is 0 Å². The average Bonchev–Trinajstić information content (AvgIpc) is 3.32. The molecule has 4 rings (SSSR count). The van der Waals surface area contributed by atoms with E-state index in [4.69, 9.17) is 4.74 Å². The number of amides is 1. The molecule has 1 aliphatic carbocycles. The fourth-order valence-electron chi connectivity index (χ4n) is 3.79. The van der Waals surface area contributed by atoms with E-state index < -0.39 is 16.0 Å². The second-order valence-corrected chi connectivity index (χ2v) is 10.9. The number of hydrogen-bond donors (Lipinski definition) is 1. The first kappa shape index (κ1) is 22.0. The molecule has 0 radical (unpaired) electrons. The lowest BCUT2D eigenvalue weighted by atomic mass is 10.0. The summed E-state index contributed by atoms with van der Waals surface area (Å²) in [5.74, 6) is -0.819. The Kier molecular flexibility index (Phi) is 5.93. The van der Waals surface area contributed by atoms with Gasteiger partial charge in [-0.15, -0.1) is 11.3 Å². The minimum atomic E-state index is -3.83. The summed E-state index contributed by atoms with van der Waals surface area (Å²) in [6, 6.07) is 1.74. The smallest absolute Gasteiger partial charge is 0.340 e. The summed E-state index contributed by atoms with van der Waals surface area (Å²) in [4.78, 5) is 28.0. The number of nitrogens with one attached hydrogen (secondary N) is 1. The fourth-order valence-corrected chi connectivity index (χ4v) is 7.01. The number of rotatable bonds is 7. The van der Waals surface area contributed by atoms with Crippen molar-refractivity contribution in [1.82, 2.24) is 19.4 Å². The number of thiophene rings is 1. The molecule has 0 bridgehead atoms. The third kappa shape index (κ3) is 4.26. The lowest BCUT2D eigenvalue weighted by molar-refractivity contribution is 0.0595. The highest BCUT2D eigenvalue weighted by atomic mass is 32.2. The Hall–Kier alpha value is -2.24. The second-order valence-electron chi connectivity index (χ2n) is 7.92. The van der Waals surface area contributed by atoms with Gasteiger partial charge in [0.25, 0.3) is 15.9 Å². The summed E-state index contributed by atoms with van der Waals surface area (Å²) >= 11 is 1.05. The number of nitrogens with zero attached hydrogens (tertiary/aromatic N) is 3. The minimum absolute atomic E-state index is 0.0173. The normalized spacial score (nSPS) is 16.3. The Balaban J connectivity index is 1.64. The van der Waals surface area contributed by atoms with Gasteiger partial charge in [-0.2, -0.15) is 5.10 Å². The largest absolute Gasteiger partial charge is 0.465 e. The highest BCUT2D eigenvalue weighted by Gasteiger charge is 2.37. The predicted molar refractivity (Wildman–Crippen MR) is 115 cm³/mol. The van der Waals surface area contributed by atoms with Crippen LogP contribution in [0.3, 0.4) is 0 Å². The zero-order valence-electron chi connectivity index (χ0n) is 17.8. The molecule has 0 unspecified atom stereocenters. The van der Waals surface area contributed by atoms with Crippen molar-refractivity contribution in [3.05, 3.63) is 33.5 Å². The summed E-state index contributed by atoms with van der Waals surface area (Å²) in [5.41, 5.74) is 2.14. The molecule has 0 atom stereocenters. The van der Waals surface area contributed by atoms with E-state index >= 15 is 0 Å². The predicted octanol–water partition coefficient (Wildman–Crippen LogP) is 1.86. The van der Waals surface area contributed by atoms with Crippen LogP contribution in [0.1, 0.15) is 63.2 Å². The van der Waals surface area contributed by atoms with E-state index in [0.29, 0.717) is 29.1 Å². The Morgan fingerprint density at radius 2 is 2.10 bits per heavy atom. The highest BCUT2D eigenvalue weighted by Crippen LogP contribution is 2.37. The Morgan fingerprint density at radius 1 is 1.35 bits per heavy atom. The molecule has 0 saturated heterocycles. The molecule has 1 saturated carbocycles. The van der Waals surface area contributed by atoms with Crippen molar-refractivity contribution in [2.45, 2.75) is 55.8 Å².